The third-order valence-corrected chi connectivity index (χ3v) is 2.02. The monoisotopic (exact) mass is 242 g/mol. The van der Waals surface area contributed by atoms with Gasteiger partial charge >= 0.3 is 6.18 Å². The van der Waals surface area contributed by atoms with E-state index in [9.17, 15) is 18.0 Å². The summed E-state index contributed by atoms with van der Waals surface area (Å²) in [5, 5.41) is 13.4. The highest BCUT2D eigenvalue weighted by Gasteiger charge is 2.37. The Labute approximate surface area is 92.2 Å². The maximum atomic E-state index is 11.8. The van der Waals surface area contributed by atoms with E-state index in [-0.39, 0.29) is 18.5 Å². The molecule has 4 nitrogen and oxygen atoms in total. The van der Waals surface area contributed by atoms with Gasteiger partial charge in [0.25, 0.3) is 0 Å². The average molecular weight is 242 g/mol. The number of hydrogen-bond donors (Lipinski definition) is 3. The lowest BCUT2D eigenvalue weighted by atomic mass is 10.2. The summed E-state index contributed by atoms with van der Waals surface area (Å²) in [7, 11) is 0. The normalized spacial score (nSPS) is 15.6. The Hall–Kier alpha value is -0.820. The second-order valence-electron chi connectivity index (χ2n) is 3.57. The van der Waals surface area contributed by atoms with E-state index in [4.69, 9.17) is 5.11 Å². The second kappa shape index (κ2) is 6.70. The molecule has 0 rings (SSSR count). The Morgan fingerprint density at radius 1 is 1.44 bits per heavy atom. The van der Waals surface area contributed by atoms with Gasteiger partial charge in [-0.3, -0.25) is 4.79 Å². The molecule has 7 heteroatoms. The topological polar surface area (TPSA) is 61.4 Å². The van der Waals surface area contributed by atoms with Gasteiger partial charge < -0.3 is 15.7 Å². The van der Waals surface area contributed by atoms with Crippen LogP contribution >= 0.6 is 0 Å². The van der Waals surface area contributed by atoms with Crippen LogP contribution in [0.3, 0.4) is 0 Å². The molecule has 2 atom stereocenters. The molecule has 0 aliphatic carbocycles. The maximum Gasteiger partial charge on any atom is 0.415 e. The number of nitrogens with one attached hydrogen (secondary N) is 2. The van der Waals surface area contributed by atoms with E-state index in [2.05, 4.69) is 10.6 Å². The third kappa shape index (κ3) is 6.62. The summed E-state index contributed by atoms with van der Waals surface area (Å²) in [5.74, 6) is -0.385. The van der Waals surface area contributed by atoms with Crippen LogP contribution in [0.4, 0.5) is 13.2 Å². The maximum absolute atomic E-state index is 11.8. The SMILES string of the molecule is CCC(C)NC(=O)CNCC(O)C(F)(F)F. The van der Waals surface area contributed by atoms with E-state index >= 15 is 0 Å². The van der Waals surface area contributed by atoms with E-state index in [1.807, 2.05) is 6.92 Å². The molecule has 2 unspecified atom stereocenters. The van der Waals surface area contributed by atoms with Crippen molar-refractivity contribution < 1.29 is 23.1 Å². The number of amides is 1. The highest BCUT2D eigenvalue weighted by atomic mass is 19.4. The number of carbonyl (C=O) groups is 1. The first-order valence-corrected chi connectivity index (χ1v) is 5.02. The summed E-state index contributed by atoms with van der Waals surface area (Å²) < 4.78 is 35.5. The van der Waals surface area contributed by atoms with E-state index in [1.54, 1.807) is 6.92 Å². The first-order valence-electron chi connectivity index (χ1n) is 5.02. The van der Waals surface area contributed by atoms with Gasteiger partial charge in [0, 0.05) is 12.6 Å². The molecule has 0 heterocycles. The van der Waals surface area contributed by atoms with Gasteiger partial charge in [0.1, 0.15) is 0 Å². The largest absolute Gasteiger partial charge is 0.415 e. The Balaban J connectivity index is 3.70. The number of aliphatic hydroxyl groups excluding tert-OH is 1. The van der Waals surface area contributed by atoms with Gasteiger partial charge in [-0.15, -0.1) is 0 Å². The molecular formula is C9H17F3N2O2. The molecule has 0 aliphatic heterocycles. The molecule has 0 saturated heterocycles. The Morgan fingerprint density at radius 3 is 2.44 bits per heavy atom. The fourth-order valence-corrected chi connectivity index (χ4v) is 0.866. The van der Waals surface area contributed by atoms with E-state index in [1.165, 1.54) is 0 Å². The fraction of sp³-hybridized carbons (Fsp3) is 0.889. The van der Waals surface area contributed by atoms with Gasteiger partial charge in [-0.25, -0.2) is 0 Å². The Morgan fingerprint density at radius 2 is 2.00 bits per heavy atom. The van der Waals surface area contributed by atoms with Crippen molar-refractivity contribution in [2.45, 2.75) is 38.6 Å². The summed E-state index contributed by atoms with van der Waals surface area (Å²) >= 11 is 0. The van der Waals surface area contributed by atoms with E-state index in [0.717, 1.165) is 6.42 Å². The predicted molar refractivity (Wildman–Crippen MR) is 52.8 cm³/mol. The van der Waals surface area contributed by atoms with Crippen molar-refractivity contribution in [1.82, 2.24) is 10.6 Å². The molecule has 1 amide bonds. The molecule has 0 saturated carbocycles. The van der Waals surface area contributed by atoms with Crippen LogP contribution in [0.15, 0.2) is 0 Å². The first kappa shape index (κ1) is 15.2. The lowest BCUT2D eigenvalue weighted by Crippen LogP contribution is -2.43. The molecule has 0 spiro atoms. The molecule has 0 bridgehead atoms. The minimum atomic E-state index is -4.65. The highest BCUT2D eigenvalue weighted by Crippen LogP contribution is 2.18. The van der Waals surface area contributed by atoms with Crippen LogP contribution in [0.1, 0.15) is 20.3 Å². The van der Waals surface area contributed by atoms with Crippen LogP contribution in [0.2, 0.25) is 0 Å². The molecule has 0 fully saturated rings. The lowest BCUT2D eigenvalue weighted by molar-refractivity contribution is -0.201. The van der Waals surface area contributed by atoms with Crippen molar-refractivity contribution in [3.8, 4) is 0 Å². The molecule has 0 aromatic carbocycles. The molecule has 3 N–H and O–H groups in total. The zero-order valence-corrected chi connectivity index (χ0v) is 9.27. The van der Waals surface area contributed by atoms with Gasteiger partial charge in [-0.2, -0.15) is 13.2 Å². The van der Waals surface area contributed by atoms with E-state index < -0.39 is 18.8 Å². The quantitative estimate of drug-likeness (QED) is 0.632. The summed E-state index contributed by atoms with van der Waals surface area (Å²) in [6, 6.07) is -0.0122. The molecule has 96 valence electrons. The van der Waals surface area contributed by atoms with Crippen molar-refractivity contribution in [1.29, 1.82) is 0 Å². The third-order valence-electron chi connectivity index (χ3n) is 2.02. The number of carbonyl (C=O) groups excluding carboxylic acids is 1. The van der Waals surface area contributed by atoms with Crippen molar-refractivity contribution >= 4 is 5.91 Å². The van der Waals surface area contributed by atoms with Crippen molar-refractivity contribution in [2.75, 3.05) is 13.1 Å². The van der Waals surface area contributed by atoms with Crippen molar-refractivity contribution in [3.63, 3.8) is 0 Å². The van der Waals surface area contributed by atoms with Crippen LogP contribution in [0, 0.1) is 0 Å². The van der Waals surface area contributed by atoms with Crippen LogP contribution in [-0.4, -0.2) is 42.4 Å². The van der Waals surface area contributed by atoms with Gasteiger partial charge in [-0.05, 0) is 13.3 Å². The predicted octanol–water partition coefficient (Wildman–Crippen LogP) is 0.414. The minimum Gasteiger partial charge on any atom is -0.382 e. The van der Waals surface area contributed by atoms with Crippen molar-refractivity contribution in [3.05, 3.63) is 0 Å². The smallest absolute Gasteiger partial charge is 0.382 e. The van der Waals surface area contributed by atoms with E-state index in [0.29, 0.717) is 0 Å². The fourth-order valence-electron chi connectivity index (χ4n) is 0.866. The summed E-state index contributed by atoms with van der Waals surface area (Å²) in [5.41, 5.74) is 0. The molecular weight excluding hydrogens is 225 g/mol. The molecule has 0 aromatic rings. The van der Waals surface area contributed by atoms with Crippen LogP contribution in [-0.2, 0) is 4.79 Å². The zero-order valence-electron chi connectivity index (χ0n) is 9.27. The summed E-state index contributed by atoms with van der Waals surface area (Å²) in [6.07, 6.45) is -6.35. The van der Waals surface area contributed by atoms with Gasteiger partial charge in [0.05, 0.1) is 6.54 Å². The number of alkyl halides is 3. The lowest BCUT2D eigenvalue weighted by Gasteiger charge is -2.16. The zero-order chi connectivity index (χ0) is 12.8. The van der Waals surface area contributed by atoms with Gasteiger partial charge in [-0.1, -0.05) is 6.92 Å². The Bertz CT molecular complexity index is 221. The number of aliphatic hydroxyl groups is 1. The Kier molecular flexibility index (Phi) is 6.35. The summed E-state index contributed by atoms with van der Waals surface area (Å²) in [4.78, 5) is 11.1. The van der Waals surface area contributed by atoms with Gasteiger partial charge in [0.15, 0.2) is 6.10 Å². The number of rotatable bonds is 6. The summed E-state index contributed by atoms with van der Waals surface area (Å²) in [6.45, 7) is 2.75. The average Bonchev–Trinajstić information content (AvgIpc) is 2.15. The molecule has 0 radical (unpaired) electrons. The highest BCUT2D eigenvalue weighted by molar-refractivity contribution is 5.78. The van der Waals surface area contributed by atoms with Crippen LogP contribution in [0.5, 0.6) is 0 Å². The molecule has 0 aliphatic rings. The molecule has 0 aromatic heterocycles. The minimum absolute atomic E-state index is 0.0122. The van der Waals surface area contributed by atoms with Crippen molar-refractivity contribution in [2.24, 2.45) is 0 Å². The van der Waals surface area contributed by atoms with Gasteiger partial charge in [0.2, 0.25) is 5.91 Å². The van der Waals surface area contributed by atoms with Crippen LogP contribution in [0.25, 0.3) is 0 Å². The number of halogens is 3. The number of hydrogen-bond acceptors (Lipinski definition) is 3. The second-order valence-corrected chi connectivity index (χ2v) is 3.57. The molecule has 16 heavy (non-hydrogen) atoms. The first-order chi connectivity index (χ1) is 7.27. The standard InChI is InChI=1S/C9H17F3N2O2/c1-3-6(2)14-8(16)5-13-4-7(15)9(10,11)12/h6-7,13,15H,3-5H2,1-2H3,(H,14,16). The van der Waals surface area contributed by atoms with Crippen LogP contribution < -0.4 is 10.6 Å².